The minimum atomic E-state index is -5.96. The van der Waals surface area contributed by atoms with E-state index in [-0.39, 0.29) is 0 Å². The lowest BCUT2D eigenvalue weighted by Crippen LogP contribution is -2.39. The predicted molar refractivity (Wildman–Crippen MR) is 47.9 cm³/mol. The molecule has 0 aliphatic carbocycles. The summed E-state index contributed by atoms with van der Waals surface area (Å²) in [6.07, 6.45) is -17.7. The number of rotatable bonds is 4. The average molecular weight is 361 g/mol. The molecular weight excluding hydrogens is 353 g/mol. The molecule has 128 valence electrons. The van der Waals surface area contributed by atoms with Gasteiger partial charge in [-0.25, -0.2) is 0 Å². The zero-order chi connectivity index (χ0) is 17.7. The van der Waals surface area contributed by atoms with Gasteiger partial charge >= 0.3 is 32.5 Å². The maximum Gasteiger partial charge on any atom is 0.692 e. The first kappa shape index (κ1) is 22.6. The molecule has 0 unspecified atom stereocenters. The monoisotopic (exact) mass is 361 g/mol. The van der Waals surface area contributed by atoms with E-state index in [0.29, 0.717) is 0 Å². The molecule has 0 saturated carbocycles. The highest BCUT2D eigenvalue weighted by molar-refractivity contribution is 7.30. The Morgan fingerprint density at radius 2 is 0.857 bits per heavy atom. The van der Waals surface area contributed by atoms with Crippen molar-refractivity contribution in [2.24, 2.45) is 0 Å². The summed E-state index contributed by atoms with van der Waals surface area (Å²) >= 11 is 0. The first-order chi connectivity index (χ1) is 8.94. The molecule has 0 aliphatic heterocycles. The highest BCUT2D eigenvalue weighted by Crippen LogP contribution is 2.43. The Morgan fingerprint density at radius 3 is 1.00 bits per heavy atom. The number of hydrogen-bond donors (Lipinski definition) is 2. The highest BCUT2D eigenvalue weighted by Gasteiger charge is 2.59. The summed E-state index contributed by atoms with van der Waals surface area (Å²) in [5, 5.41) is 0. The van der Waals surface area contributed by atoms with Crippen LogP contribution >= 0.6 is 8.25 Å². The Balaban J connectivity index is 0. The van der Waals surface area contributed by atoms with E-state index in [9.17, 15) is 43.9 Å². The largest absolute Gasteiger partial charge is 0.692 e. The van der Waals surface area contributed by atoms with Crippen LogP contribution in [-0.4, -0.2) is 34.0 Å². The standard InChI is InChI=1S/C7H6F10.HO3P/c8-4(9,6(12,13)14)2-1-3-5(10,11)7(15,16)17;1-4(2)3/h1-3H2;(H-,1,2,3)/p+1. The average Bonchev–Trinajstić information content (AvgIpc) is 2.11. The normalized spacial score (nSPS) is 13.5. The SMILES string of the molecule is FC(F)(F)C(F)(F)CCCC(F)(F)C(F)(F)F.O=[P+](O)O. The van der Waals surface area contributed by atoms with Crippen LogP contribution in [0.2, 0.25) is 0 Å². The Morgan fingerprint density at radius 1 is 0.667 bits per heavy atom. The molecular formula is C7H8F10O3P+. The summed E-state index contributed by atoms with van der Waals surface area (Å²) in [6.45, 7) is 0. The molecule has 21 heavy (non-hydrogen) atoms. The quantitative estimate of drug-likeness (QED) is 0.584. The maximum absolute atomic E-state index is 12.2. The van der Waals surface area contributed by atoms with E-state index < -0.39 is 51.7 Å². The van der Waals surface area contributed by atoms with Crippen LogP contribution < -0.4 is 0 Å². The second kappa shape index (κ2) is 7.54. The van der Waals surface area contributed by atoms with E-state index in [4.69, 9.17) is 14.4 Å². The molecule has 0 aromatic heterocycles. The van der Waals surface area contributed by atoms with E-state index in [1.807, 2.05) is 0 Å². The molecule has 0 aromatic carbocycles. The Labute approximate surface area is 111 Å². The lowest BCUT2D eigenvalue weighted by Gasteiger charge is -2.22. The number of hydrogen-bond acceptors (Lipinski definition) is 1. The fourth-order valence-electron chi connectivity index (χ4n) is 0.816. The molecule has 0 aliphatic rings. The Hall–Kier alpha value is -0.680. The Bertz CT molecular complexity index is 307. The van der Waals surface area contributed by atoms with Gasteiger partial charge < -0.3 is 0 Å². The molecule has 0 saturated heterocycles. The molecule has 0 spiro atoms. The molecule has 0 amide bonds. The van der Waals surface area contributed by atoms with Crippen molar-refractivity contribution in [1.82, 2.24) is 0 Å². The number of halogens is 10. The fraction of sp³-hybridized carbons (Fsp3) is 1.00. The van der Waals surface area contributed by atoms with Crippen LogP contribution in [-0.2, 0) is 4.57 Å². The van der Waals surface area contributed by atoms with Crippen LogP contribution in [0, 0.1) is 0 Å². The molecule has 0 heterocycles. The van der Waals surface area contributed by atoms with Crippen molar-refractivity contribution in [2.45, 2.75) is 43.5 Å². The van der Waals surface area contributed by atoms with Crippen LogP contribution in [0.3, 0.4) is 0 Å². The molecule has 0 atom stereocenters. The van der Waals surface area contributed by atoms with E-state index in [1.165, 1.54) is 0 Å². The second-order valence-electron chi connectivity index (χ2n) is 3.51. The van der Waals surface area contributed by atoms with Gasteiger partial charge in [0.05, 0.1) is 0 Å². The summed E-state index contributed by atoms with van der Waals surface area (Å²) in [5.74, 6) is -10.5. The van der Waals surface area contributed by atoms with Gasteiger partial charge in [-0.1, -0.05) is 0 Å². The first-order valence-electron chi connectivity index (χ1n) is 4.68. The van der Waals surface area contributed by atoms with Crippen molar-refractivity contribution in [3.63, 3.8) is 0 Å². The van der Waals surface area contributed by atoms with Gasteiger partial charge in [-0.2, -0.15) is 43.9 Å². The fourth-order valence-corrected chi connectivity index (χ4v) is 0.816. The topological polar surface area (TPSA) is 57.5 Å². The Kier molecular flexibility index (Phi) is 8.12. The molecule has 3 nitrogen and oxygen atoms in total. The highest BCUT2D eigenvalue weighted by atomic mass is 31.1. The van der Waals surface area contributed by atoms with Gasteiger partial charge in [0.25, 0.3) is 0 Å². The summed E-state index contributed by atoms with van der Waals surface area (Å²) in [4.78, 5) is 14.2. The molecule has 0 radical (unpaired) electrons. The van der Waals surface area contributed by atoms with Crippen molar-refractivity contribution < 1.29 is 58.3 Å². The predicted octanol–water partition coefficient (Wildman–Crippen LogP) is 4.18. The van der Waals surface area contributed by atoms with Crippen LogP contribution in [0.5, 0.6) is 0 Å². The van der Waals surface area contributed by atoms with Crippen molar-refractivity contribution >= 4 is 8.25 Å². The third-order valence-corrected chi connectivity index (χ3v) is 1.81. The third kappa shape index (κ3) is 9.04. The van der Waals surface area contributed by atoms with E-state index in [0.717, 1.165) is 0 Å². The van der Waals surface area contributed by atoms with Crippen molar-refractivity contribution in [2.75, 3.05) is 0 Å². The van der Waals surface area contributed by atoms with Crippen LogP contribution in [0.15, 0.2) is 0 Å². The smallest absolute Gasteiger partial charge is 0.196 e. The van der Waals surface area contributed by atoms with E-state index in [1.54, 1.807) is 0 Å². The number of alkyl halides is 10. The van der Waals surface area contributed by atoms with Gasteiger partial charge in [0.2, 0.25) is 0 Å². The van der Waals surface area contributed by atoms with Gasteiger partial charge in [-0.05, 0) is 6.42 Å². The van der Waals surface area contributed by atoms with Crippen LogP contribution in [0.25, 0.3) is 0 Å². The summed E-state index contributed by atoms with van der Waals surface area (Å²) in [6, 6.07) is 0. The zero-order valence-corrected chi connectivity index (χ0v) is 10.5. The van der Waals surface area contributed by atoms with Crippen molar-refractivity contribution in [3.8, 4) is 0 Å². The van der Waals surface area contributed by atoms with Gasteiger partial charge in [0.15, 0.2) is 0 Å². The minimum Gasteiger partial charge on any atom is -0.196 e. The lowest BCUT2D eigenvalue weighted by atomic mass is 10.1. The molecule has 0 bridgehead atoms. The summed E-state index contributed by atoms with van der Waals surface area (Å²) in [7, 11) is -2.87. The molecule has 0 aromatic rings. The molecule has 2 N–H and O–H groups in total. The molecule has 0 fully saturated rings. The zero-order valence-electron chi connectivity index (χ0n) is 9.65. The summed E-state index contributed by atoms with van der Waals surface area (Å²) in [5.41, 5.74) is 0. The molecule has 14 heteroatoms. The van der Waals surface area contributed by atoms with Gasteiger partial charge in [-0.15, -0.1) is 9.79 Å². The maximum atomic E-state index is 12.2. The van der Waals surface area contributed by atoms with Crippen LogP contribution in [0.1, 0.15) is 19.3 Å². The second-order valence-corrected chi connectivity index (χ2v) is 4.02. The van der Waals surface area contributed by atoms with Crippen molar-refractivity contribution in [1.29, 1.82) is 0 Å². The van der Waals surface area contributed by atoms with E-state index in [2.05, 4.69) is 0 Å². The van der Waals surface area contributed by atoms with Gasteiger partial charge in [0.1, 0.15) is 0 Å². The van der Waals surface area contributed by atoms with E-state index >= 15 is 0 Å². The molecule has 0 rings (SSSR count). The lowest BCUT2D eigenvalue weighted by molar-refractivity contribution is -0.295. The van der Waals surface area contributed by atoms with Gasteiger partial charge in [0, 0.05) is 17.4 Å². The third-order valence-electron chi connectivity index (χ3n) is 1.81. The van der Waals surface area contributed by atoms with Gasteiger partial charge in [-0.3, -0.25) is 0 Å². The minimum absolute atomic E-state index is 1.60. The first-order valence-corrected chi connectivity index (χ1v) is 5.84. The van der Waals surface area contributed by atoms with Crippen LogP contribution in [0.4, 0.5) is 43.9 Å². The van der Waals surface area contributed by atoms with Crippen molar-refractivity contribution in [3.05, 3.63) is 0 Å². The summed E-state index contributed by atoms with van der Waals surface area (Å²) < 4.78 is 126.